The summed E-state index contributed by atoms with van der Waals surface area (Å²) in [6.07, 6.45) is 1.30. The Bertz CT molecular complexity index is 571. The number of hydrogen-bond donors (Lipinski definition) is 0. The molecule has 2 saturated heterocycles. The van der Waals surface area contributed by atoms with Crippen molar-refractivity contribution in [2.24, 2.45) is 5.92 Å². The number of halogens is 1. The molecule has 2 aliphatic heterocycles. The lowest BCUT2D eigenvalue weighted by Gasteiger charge is -2.46. The van der Waals surface area contributed by atoms with Crippen molar-refractivity contribution >= 4 is 17.9 Å². The fourth-order valence-electron chi connectivity index (χ4n) is 3.15. The van der Waals surface area contributed by atoms with Gasteiger partial charge in [0.1, 0.15) is 5.60 Å². The summed E-state index contributed by atoms with van der Waals surface area (Å²) in [6, 6.07) is 0. The zero-order valence-corrected chi connectivity index (χ0v) is 15.1. The van der Waals surface area contributed by atoms with Gasteiger partial charge in [-0.25, -0.2) is 9.18 Å². The van der Waals surface area contributed by atoms with Crippen LogP contribution in [0, 0.1) is 5.92 Å². The predicted molar refractivity (Wildman–Crippen MR) is 87.5 cm³/mol. The quantitative estimate of drug-likeness (QED) is 0.742. The van der Waals surface area contributed by atoms with Gasteiger partial charge in [-0.05, 0) is 33.6 Å². The summed E-state index contributed by atoms with van der Waals surface area (Å²) in [6.45, 7) is 6.25. The number of carbonyl (C=O) groups is 3. The van der Waals surface area contributed by atoms with Gasteiger partial charge in [-0.2, -0.15) is 0 Å². The normalized spacial score (nSPS) is 23.1. The van der Waals surface area contributed by atoms with Crippen molar-refractivity contribution < 1.29 is 23.5 Å². The van der Waals surface area contributed by atoms with Gasteiger partial charge in [-0.15, -0.1) is 0 Å². The summed E-state index contributed by atoms with van der Waals surface area (Å²) in [5, 5.41) is 0. The third-order valence-electron chi connectivity index (χ3n) is 4.72. The van der Waals surface area contributed by atoms with Crippen LogP contribution in [0.1, 0.15) is 33.6 Å². The Hall–Kier alpha value is -1.86. The number of likely N-dealkylation sites (tertiary alicyclic amines) is 1. The molecule has 1 aliphatic carbocycles. The van der Waals surface area contributed by atoms with Gasteiger partial charge >= 0.3 is 6.09 Å². The van der Waals surface area contributed by atoms with Gasteiger partial charge < -0.3 is 19.4 Å². The predicted octanol–water partition coefficient (Wildman–Crippen LogP) is 1.03. The fraction of sp³-hybridized carbons (Fsp3) is 0.824. The first-order chi connectivity index (χ1) is 11.6. The average molecular weight is 355 g/mol. The molecule has 0 bridgehead atoms. The van der Waals surface area contributed by atoms with Crippen LogP contribution >= 0.6 is 0 Å². The number of hydrogen-bond acceptors (Lipinski definition) is 4. The molecular formula is C17H26FN3O4. The van der Waals surface area contributed by atoms with Gasteiger partial charge in [-0.3, -0.25) is 9.59 Å². The summed E-state index contributed by atoms with van der Waals surface area (Å²) in [5.41, 5.74) is -2.69. The van der Waals surface area contributed by atoms with Gasteiger partial charge in [0.25, 0.3) is 5.91 Å². The molecule has 3 rings (SSSR count). The second kappa shape index (κ2) is 6.14. The van der Waals surface area contributed by atoms with Gasteiger partial charge in [0.2, 0.25) is 11.6 Å². The Morgan fingerprint density at radius 1 is 0.960 bits per heavy atom. The molecule has 0 unspecified atom stereocenters. The van der Waals surface area contributed by atoms with Crippen molar-refractivity contribution in [3.05, 3.63) is 0 Å². The van der Waals surface area contributed by atoms with Crippen molar-refractivity contribution in [2.45, 2.75) is 44.9 Å². The number of amides is 3. The van der Waals surface area contributed by atoms with Crippen LogP contribution in [0.3, 0.4) is 0 Å². The van der Waals surface area contributed by atoms with Crippen molar-refractivity contribution in [3.63, 3.8) is 0 Å². The lowest BCUT2D eigenvalue weighted by Crippen LogP contribution is -2.69. The Morgan fingerprint density at radius 3 is 1.96 bits per heavy atom. The Morgan fingerprint density at radius 2 is 1.48 bits per heavy atom. The number of alkyl halides is 1. The number of piperazine rings is 1. The SMILES string of the molecule is CC(C)(C)OC(=O)N1CC(F)(C(=O)N2CCN(C(=O)C3CC3)CC2)C1. The van der Waals surface area contributed by atoms with Gasteiger partial charge in [-0.1, -0.05) is 0 Å². The Balaban J connectivity index is 1.47. The summed E-state index contributed by atoms with van der Waals surface area (Å²) in [7, 11) is 0. The first-order valence-electron chi connectivity index (χ1n) is 8.84. The first-order valence-corrected chi connectivity index (χ1v) is 8.84. The third-order valence-corrected chi connectivity index (χ3v) is 4.72. The minimum absolute atomic E-state index is 0.154. The Kier molecular flexibility index (Phi) is 4.41. The fourth-order valence-corrected chi connectivity index (χ4v) is 3.15. The molecule has 0 radical (unpaired) electrons. The smallest absolute Gasteiger partial charge is 0.410 e. The largest absolute Gasteiger partial charge is 0.444 e. The number of rotatable bonds is 2. The maximum atomic E-state index is 14.8. The molecule has 0 atom stereocenters. The lowest BCUT2D eigenvalue weighted by molar-refractivity contribution is -0.158. The average Bonchev–Trinajstić information content (AvgIpc) is 3.33. The molecule has 8 heteroatoms. The highest BCUT2D eigenvalue weighted by Crippen LogP contribution is 2.32. The van der Waals surface area contributed by atoms with Crippen LogP contribution in [0.15, 0.2) is 0 Å². The maximum absolute atomic E-state index is 14.8. The molecule has 1 saturated carbocycles. The molecule has 7 nitrogen and oxygen atoms in total. The minimum Gasteiger partial charge on any atom is -0.444 e. The van der Waals surface area contributed by atoms with Crippen LogP contribution in [0.5, 0.6) is 0 Å². The van der Waals surface area contributed by atoms with E-state index in [1.165, 1.54) is 9.80 Å². The van der Waals surface area contributed by atoms with Gasteiger partial charge in [0.15, 0.2) is 0 Å². The first kappa shape index (κ1) is 17.9. The number of nitrogens with zero attached hydrogens (tertiary/aromatic N) is 3. The van der Waals surface area contributed by atoms with E-state index in [2.05, 4.69) is 0 Å². The van der Waals surface area contributed by atoms with Crippen LogP contribution in [0.25, 0.3) is 0 Å². The summed E-state index contributed by atoms with van der Waals surface area (Å²) in [5.74, 6) is -0.281. The van der Waals surface area contributed by atoms with Crippen molar-refractivity contribution in [2.75, 3.05) is 39.3 Å². The van der Waals surface area contributed by atoms with Crippen LogP contribution in [-0.2, 0) is 14.3 Å². The zero-order valence-electron chi connectivity index (χ0n) is 15.1. The summed E-state index contributed by atoms with van der Waals surface area (Å²) >= 11 is 0. The molecule has 25 heavy (non-hydrogen) atoms. The molecule has 140 valence electrons. The molecular weight excluding hydrogens is 329 g/mol. The van der Waals surface area contributed by atoms with Crippen molar-refractivity contribution in [1.29, 1.82) is 0 Å². The molecule has 3 aliphatic rings. The number of carbonyl (C=O) groups excluding carboxylic acids is 3. The van der Waals surface area contributed by atoms with Crippen molar-refractivity contribution in [1.82, 2.24) is 14.7 Å². The monoisotopic (exact) mass is 355 g/mol. The lowest BCUT2D eigenvalue weighted by atomic mass is 9.94. The van der Waals surface area contributed by atoms with E-state index >= 15 is 0 Å². The molecule has 0 N–H and O–H groups in total. The van der Waals surface area contributed by atoms with E-state index in [9.17, 15) is 18.8 Å². The second-order valence-electron chi connectivity index (χ2n) is 8.19. The summed E-state index contributed by atoms with van der Waals surface area (Å²) in [4.78, 5) is 40.8. The molecule has 0 aromatic carbocycles. The van der Waals surface area contributed by atoms with E-state index in [1.807, 2.05) is 0 Å². The van der Waals surface area contributed by atoms with Crippen LogP contribution in [0.4, 0.5) is 9.18 Å². The van der Waals surface area contributed by atoms with Gasteiger partial charge in [0.05, 0.1) is 13.1 Å². The third kappa shape index (κ3) is 3.88. The van der Waals surface area contributed by atoms with Crippen LogP contribution < -0.4 is 0 Å². The van der Waals surface area contributed by atoms with Crippen molar-refractivity contribution in [3.8, 4) is 0 Å². The van der Waals surface area contributed by atoms with E-state index in [0.29, 0.717) is 26.2 Å². The van der Waals surface area contributed by atoms with E-state index in [-0.39, 0.29) is 24.9 Å². The molecule has 3 fully saturated rings. The molecule has 3 amide bonds. The maximum Gasteiger partial charge on any atom is 0.410 e. The number of ether oxygens (including phenoxy) is 1. The molecule has 0 aromatic rings. The minimum atomic E-state index is -2.04. The van der Waals surface area contributed by atoms with E-state index < -0.39 is 23.3 Å². The van der Waals surface area contributed by atoms with E-state index in [1.54, 1.807) is 25.7 Å². The van der Waals surface area contributed by atoms with Gasteiger partial charge in [0, 0.05) is 32.1 Å². The summed E-state index contributed by atoms with van der Waals surface area (Å²) < 4.78 is 20.0. The highest BCUT2D eigenvalue weighted by molar-refractivity contribution is 5.89. The highest BCUT2D eigenvalue weighted by Gasteiger charge is 2.54. The van der Waals surface area contributed by atoms with Crippen LogP contribution in [0.2, 0.25) is 0 Å². The molecule has 2 heterocycles. The van der Waals surface area contributed by atoms with Crippen LogP contribution in [-0.4, -0.2) is 83.1 Å². The highest BCUT2D eigenvalue weighted by atomic mass is 19.1. The second-order valence-corrected chi connectivity index (χ2v) is 8.19. The molecule has 0 spiro atoms. The van der Waals surface area contributed by atoms with E-state index in [4.69, 9.17) is 4.74 Å². The standard InChI is InChI=1S/C17H26FN3O4/c1-16(2,3)25-15(24)21-10-17(18,11-21)14(23)20-8-6-19(7-9-20)13(22)12-4-5-12/h12H,4-11H2,1-3H3. The van der Waals surface area contributed by atoms with E-state index in [0.717, 1.165) is 12.8 Å². The Labute approximate surface area is 147 Å². The zero-order chi connectivity index (χ0) is 18.4. The molecule has 0 aromatic heterocycles. The topological polar surface area (TPSA) is 70.2 Å².